The van der Waals surface area contributed by atoms with E-state index in [9.17, 15) is 9.59 Å². The number of likely N-dealkylation sites (tertiary alicyclic amines) is 1. The van der Waals surface area contributed by atoms with Gasteiger partial charge in [0.25, 0.3) is 0 Å². The molecule has 26 heavy (non-hydrogen) atoms. The minimum atomic E-state index is -0.245. The van der Waals surface area contributed by atoms with E-state index in [0.717, 1.165) is 18.4 Å². The van der Waals surface area contributed by atoms with Gasteiger partial charge in [0.05, 0.1) is 12.0 Å². The van der Waals surface area contributed by atoms with Crippen LogP contribution in [0.25, 0.3) is 0 Å². The van der Waals surface area contributed by atoms with E-state index in [1.807, 2.05) is 60.4 Å². The maximum absolute atomic E-state index is 12.4. The van der Waals surface area contributed by atoms with Crippen LogP contribution in [-0.2, 0) is 16.0 Å². The quantitative estimate of drug-likeness (QED) is 0.779. The molecule has 1 heterocycles. The van der Waals surface area contributed by atoms with E-state index in [2.05, 4.69) is 17.4 Å². The zero-order valence-corrected chi connectivity index (χ0v) is 15.2. The molecule has 2 unspecified atom stereocenters. The number of carbonyl (C=O) groups excluding carboxylic acids is 2. The second-order valence-electron chi connectivity index (χ2n) is 6.91. The number of carbonyl (C=O) groups is 2. The topological polar surface area (TPSA) is 49.4 Å². The van der Waals surface area contributed by atoms with Crippen LogP contribution in [0.2, 0.25) is 0 Å². The van der Waals surface area contributed by atoms with Gasteiger partial charge >= 0.3 is 0 Å². The van der Waals surface area contributed by atoms with E-state index in [4.69, 9.17) is 0 Å². The van der Waals surface area contributed by atoms with Gasteiger partial charge in [-0.1, -0.05) is 60.7 Å². The molecular formula is C22H26N2O2. The number of nitrogens with one attached hydrogen (secondary N) is 1. The molecule has 1 aliphatic heterocycles. The summed E-state index contributed by atoms with van der Waals surface area (Å²) < 4.78 is 0. The Kier molecular flexibility index (Phi) is 6.05. The predicted molar refractivity (Wildman–Crippen MR) is 102 cm³/mol. The summed E-state index contributed by atoms with van der Waals surface area (Å²) >= 11 is 0. The molecule has 4 heteroatoms. The van der Waals surface area contributed by atoms with Crippen molar-refractivity contribution in [1.29, 1.82) is 0 Å². The third-order valence-corrected chi connectivity index (χ3v) is 5.06. The van der Waals surface area contributed by atoms with Crippen molar-refractivity contribution in [3.8, 4) is 0 Å². The fourth-order valence-electron chi connectivity index (χ4n) is 3.49. The lowest BCUT2D eigenvalue weighted by Gasteiger charge is -2.25. The molecule has 1 aliphatic rings. The number of hydrogen-bond donors (Lipinski definition) is 1. The maximum atomic E-state index is 12.4. The van der Waals surface area contributed by atoms with Gasteiger partial charge in [-0.25, -0.2) is 0 Å². The normalized spacial score (nSPS) is 18.0. The molecule has 2 amide bonds. The number of hydrogen-bond acceptors (Lipinski definition) is 2. The lowest BCUT2D eigenvalue weighted by molar-refractivity contribution is -0.130. The van der Waals surface area contributed by atoms with Crippen LogP contribution >= 0.6 is 0 Å². The zero-order valence-electron chi connectivity index (χ0n) is 15.2. The highest BCUT2D eigenvalue weighted by atomic mass is 16.2. The first-order valence-electron chi connectivity index (χ1n) is 9.31. The van der Waals surface area contributed by atoms with Crippen molar-refractivity contribution in [2.75, 3.05) is 13.1 Å². The van der Waals surface area contributed by atoms with Gasteiger partial charge in [0.15, 0.2) is 0 Å². The highest BCUT2D eigenvalue weighted by Gasteiger charge is 2.36. The number of amides is 2. The van der Waals surface area contributed by atoms with Crippen LogP contribution in [0.5, 0.6) is 0 Å². The highest BCUT2D eigenvalue weighted by molar-refractivity contribution is 5.89. The van der Waals surface area contributed by atoms with Crippen molar-refractivity contribution in [2.45, 2.75) is 32.2 Å². The lowest BCUT2D eigenvalue weighted by Crippen LogP contribution is -2.34. The van der Waals surface area contributed by atoms with Crippen LogP contribution < -0.4 is 5.32 Å². The summed E-state index contributed by atoms with van der Waals surface area (Å²) in [7, 11) is 0. The summed E-state index contributed by atoms with van der Waals surface area (Å²) in [5.41, 5.74) is 2.38. The summed E-state index contributed by atoms with van der Waals surface area (Å²) in [5, 5.41) is 3.00. The third-order valence-electron chi connectivity index (χ3n) is 5.06. The summed E-state index contributed by atoms with van der Waals surface area (Å²) in [5.74, 6) is -0.189. The second-order valence-corrected chi connectivity index (χ2v) is 6.91. The Labute approximate surface area is 155 Å². The maximum Gasteiger partial charge on any atom is 0.225 e. The summed E-state index contributed by atoms with van der Waals surface area (Å²) in [6.07, 6.45) is 2.16. The molecule has 0 bridgehead atoms. The van der Waals surface area contributed by atoms with E-state index >= 15 is 0 Å². The number of rotatable bonds is 7. The second kappa shape index (κ2) is 8.65. The van der Waals surface area contributed by atoms with Gasteiger partial charge in [0.1, 0.15) is 0 Å². The van der Waals surface area contributed by atoms with E-state index in [1.165, 1.54) is 5.56 Å². The molecule has 0 aliphatic carbocycles. The van der Waals surface area contributed by atoms with Gasteiger partial charge in [-0.3, -0.25) is 9.59 Å². The molecule has 2 atom stereocenters. The Morgan fingerprint density at radius 1 is 1.12 bits per heavy atom. The zero-order chi connectivity index (χ0) is 18.4. The van der Waals surface area contributed by atoms with Gasteiger partial charge in [0.2, 0.25) is 11.8 Å². The van der Waals surface area contributed by atoms with Crippen LogP contribution in [0, 0.1) is 5.92 Å². The predicted octanol–water partition coefficient (Wildman–Crippen LogP) is 3.35. The third kappa shape index (κ3) is 4.51. The smallest absolute Gasteiger partial charge is 0.225 e. The molecule has 1 saturated heterocycles. The van der Waals surface area contributed by atoms with E-state index in [0.29, 0.717) is 19.5 Å². The molecule has 3 rings (SSSR count). The van der Waals surface area contributed by atoms with Crippen molar-refractivity contribution in [2.24, 2.45) is 5.92 Å². The molecule has 136 valence electrons. The van der Waals surface area contributed by atoms with Crippen LogP contribution in [0.1, 0.15) is 36.9 Å². The Bertz CT molecular complexity index is 730. The van der Waals surface area contributed by atoms with Gasteiger partial charge in [-0.05, 0) is 30.9 Å². The lowest BCUT2D eigenvalue weighted by atomic mass is 10.1. The van der Waals surface area contributed by atoms with Crippen LogP contribution in [0.3, 0.4) is 0 Å². The monoisotopic (exact) mass is 350 g/mol. The van der Waals surface area contributed by atoms with Crippen LogP contribution in [-0.4, -0.2) is 29.8 Å². The molecule has 0 saturated carbocycles. The number of benzene rings is 2. The van der Waals surface area contributed by atoms with Crippen LogP contribution in [0.15, 0.2) is 60.7 Å². The molecular weight excluding hydrogens is 324 g/mol. The summed E-state index contributed by atoms with van der Waals surface area (Å²) in [4.78, 5) is 26.6. The first kappa shape index (κ1) is 18.2. The summed E-state index contributed by atoms with van der Waals surface area (Å²) in [6, 6.07) is 20.2. The first-order valence-corrected chi connectivity index (χ1v) is 9.31. The van der Waals surface area contributed by atoms with Crippen molar-refractivity contribution in [3.63, 3.8) is 0 Å². The molecule has 2 aromatic rings. The largest absolute Gasteiger partial charge is 0.356 e. The average Bonchev–Trinajstić information content (AvgIpc) is 3.08. The van der Waals surface area contributed by atoms with Crippen LogP contribution in [0.4, 0.5) is 0 Å². The Hall–Kier alpha value is -2.62. The van der Waals surface area contributed by atoms with Crippen molar-refractivity contribution >= 4 is 11.8 Å². The van der Waals surface area contributed by atoms with Gasteiger partial charge in [-0.2, -0.15) is 0 Å². The number of nitrogens with zero attached hydrogens (tertiary/aromatic N) is 1. The molecule has 0 radical (unpaired) electrons. The SMILES string of the molecule is CC(c1ccccc1)N1CC(C(=O)NCCCc2ccccc2)CC1=O. The molecule has 1 fully saturated rings. The Balaban J connectivity index is 1.46. The fraction of sp³-hybridized carbons (Fsp3) is 0.364. The van der Waals surface area contributed by atoms with Gasteiger partial charge < -0.3 is 10.2 Å². The van der Waals surface area contributed by atoms with Crippen molar-refractivity contribution < 1.29 is 9.59 Å². The van der Waals surface area contributed by atoms with Gasteiger partial charge in [-0.15, -0.1) is 0 Å². The van der Waals surface area contributed by atoms with E-state index in [-0.39, 0.29) is 23.8 Å². The van der Waals surface area contributed by atoms with Crippen molar-refractivity contribution in [1.82, 2.24) is 10.2 Å². The van der Waals surface area contributed by atoms with Crippen molar-refractivity contribution in [3.05, 3.63) is 71.8 Å². The molecule has 0 spiro atoms. The first-order chi connectivity index (χ1) is 12.6. The summed E-state index contributed by atoms with van der Waals surface area (Å²) in [6.45, 7) is 3.17. The standard InChI is InChI=1S/C22H26N2O2/c1-17(19-12-6-3-7-13-19)24-16-20(15-21(24)25)22(26)23-14-8-11-18-9-4-2-5-10-18/h2-7,9-10,12-13,17,20H,8,11,14-16H2,1H3,(H,23,26). The highest BCUT2D eigenvalue weighted by Crippen LogP contribution is 2.28. The fourth-order valence-corrected chi connectivity index (χ4v) is 3.49. The molecule has 0 aromatic heterocycles. The number of aryl methyl sites for hydroxylation is 1. The Morgan fingerprint density at radius 3 is 2.46 bits per heavy atom. The Morgan fingerprint density at radius 2 is 1.77 bits per heavy atom. The molecule has 4 nitrogen and oxygen atoms in total. The van der Waals surface area contributed by atoms with E-state index in [1.54, 1.807) is 0 Å². The molecule has 1 N–H and O–H groups in total. The molecule has 2 aromatic carbocycles. The minimum absolute atomic E-state index is 0.000388. The minimum Gasteiger partial charge on any atom is -0.356 e. The van der Waals surface area contributed by atoms with E-state index < -0.39 is 0 Å². The van der Waals surface area contributed by atoms with Gasteiger partial charge in [0, 0.05) is 19.5 Å². The average molecular weight is 350 g/mol.